The monoisotopic (exact) mass is 247 g/mol. The van der Waals surface area contributed by atoms with Gasteiger partial charge in [0.15, 0.2) is 0 Å². The molecule has 3 rings (SSSR count). The zero-order valence-electron chi connectivity index (χ0n) is 10.8. The standard InChI is InChI=1S/C15H21NO2/c1-4-15-13(6-9-18-15)11-12(1)5-8-17-10-7-16-14-2-3-14/h1,4,11,14,16H,2-3,5-10H2. The lowest BCUT2D eigenvalue weighted by Crippen LogP contribution is -2.22. The molecular formula is C15H21NO2. The number of hydrogen-bond donors (Lipinski definition) is 1. The molecule has 1 N–H and O–H groups in total. The lowest BCUT2D eigenvalue weighted by Gasteiger charge is -2.06. The molecule has 1 aromatic rings. The second kappa shape index (κ2) is 5.72. The molecule has 1 saturated carbocycles. The summed E-state index contributed by atoms with van der Waals surface area (Å²) in [6, 6.07) is 7.28. The molecule has 3 nitrogen and oxygen atoms in total. The molecule has 0 saturated heterocycles. The highest BCUT2D eigenvalue weighted by atomic mass is 16.5. The number of benzene rings is 1. The zero-order chi connectivity index (χ0) is 12.2. The van der Waals surface area contributed by atoms with Gasteiger partial charge >= 0.3 is 0 Å². The largest absolute Gasteiger partial charge is 0.493 e. The van der Waals surface area contributed by atoms with E-state index in [-0.39, 0.29) is 0 Å². The van der Waals surface area contributed by atoms with E-state index in [1.54, 1.807) is 0 Å². The van der Waals surface area contributed by atoms with Crippen LogP contribution in [0.25, 0.3) is 0 Å². The molecule has 0 amide bonds. The smallest absolute Gasteiger partial charge is 0.122 e. The first-order valence-corrected chi connectivity index (χ1v) is 6.97. The summed E-state index contributed by atoms with van der Waals surface area (Å²) in [4.78, 5) is 0. The molecule has 1 aliphatic heterocycles. The maximum Gasteiger partial charge on any atom is 0.122 e. The SMILES string of the molecule is c1cc2c(cc1CCOCCNC1CC1)CCO2. The van der Waals surface area contributed by atoms with Crippen molar-refractivity contribution < 1.29 is 9.47 Å². The van der Waals surface area contributed by atoms with E-state index in [1.807, 2.05) is 0 Å². The highest BCUT2D eigenvalue weighted by Gasteiger charge is 2.19. The van der Waals surface area contributed by atoms with Crippen molar-refractivity contribution >= 4 is 0 Å². The van der Waals surface area contributed by atoms with Gasteiger partial charge in [-0.1, -0.05) is 12.1 Å². The van der Waals surface area contributed by atoms with Crippen molar-refractivity contribution in [2.45, 2.75) is 31.7 Å². The van der Waals surface area contributed by atoms with Crippen molar-refractivity contribution in [3.05, 3.63) is 29.3 Å². The molecule has 0 atom stereocenters. The highest BCUT2D eigenvalue weighted by molar-refractivity contribution is 5.39. The van der Waals surface area contributed by atoms with Crippen LogP contribution in [0.2, 0.25) is 0 Å². The Morgan fingerprint density at radius 3 is 3.11 bits per heavy atom. The van der Waals surface area contributed by atoms with E-state index in [1.165, 1.54) is 24.0 Å². The summed E-state index contributed by atoms with van der Waals surface area (Å²) in [6.45, 7) is 3.46. The Morgan fingerprint density at radius 1 is 1.28 bits per heavy atom. The Hall–Kier alpha value is -1.06. The minimum absolute atomic E-state index is 0.783. The van der Waals surface area contributed by atoms with Crippen LogP contribution in [-0.2, 0) is 17.6 Å². The van der Waals surface area contributed by atoms with Crippen molar-refractivity contribution in [1.82, 2.24) is 5.32 Å². The summed E-state index contributed by atoms with van der Waals surface area (Å²) < 4.78 is 11.1. The van der Waals surface area contributed by atoms with Gasteiger partial charge in [-0.2, -0.15) is 0 Å². The average molecular weight is 247 g/mol. The van der Waals surface area contributed by atoms with Gasteiger partial charge in [-0.3, -0.25) is 0 Å². The minimum atomic E-state index is 0.783. The molecule has 2 aliphatic rings. The van der Waals surface area contributed by atoms with Crippen LogP contribution < -0.4 is 10.1 Å². The van der Waals surface area contributed by atoms with Gasteiger partial charge < -0.3 is 14.8 Å². The number of rotatable bonds is 7. The third-order valence-electron chi connectivity index (χ3n) is 3.55. The fourth-order valence-corrected chi connectivity index (χ4v) is 2.31. The maximum absolute atomic E-state index is 5.64. The lowest BCUT2D eigenvalue weighted by molar-refractivity contribution is 0.138. The van der Waals surface area contributed by atoms with Crippen LogP contribution >= 0.6 is 0 Å². The second-order valence-electron chi connectivity index (χ2n) is 5.13. The van der Waals surface area contributed by atoms with E-state index >= 15 is 0 Å². The Balaban J connectivity index is 1.34. The first kappa shape index (κ1) is 12.0. The molecule has 1 aliphatic carbocycles. The Bertz CT molecular complexity index is 401. The molecule has 3 heteroatoms. The molecular weight excluding hydrogens is 226 g/mol. The quantitative estimate of drug-likeness (QED) is 0.747. The first-order valence-electron chi connectivity index (χ1n) is 6.97. The lowest BCUT2D eigenvalue weighted by atomic mass is 10.1. The first-order chi connectivity index (χ1) is 8.92. The van der Waals surface area contributed by atoms with Crippen LogP contribution in [-0.4, -0.2) is 32.4 Å². The van der Waals surface area contributed by atoms with Gasteiger partial charge in [-0.15, -0.1) is 0 Å². The third kappa shape index (κ3) is 3.24. The fourth-order valence-electron chi connectivity index (χ4n) is 2.31. The molecule has 1 fully saturated rings. The number of ether oxygens (including phenoxy) is 2. The second-order valence-corrected chi connectivity index (χ2v) is 5.13. The minimum Gasteiger partial charge on any atom is -0.493 e. The van der Waals surface area contributed by atoms with Crippen LogP contribution in [0.3, 0.4) is 0 Å². The fraction of sp³-hybridized carbons (Fsp3) is 0.600. The molecule has 1 heterocycles. The van der Waals surface area contributed by atoms with E-state index in [0.717, 1.165) is 51.0 Å². The van der Waals surface area contributed by atoms with Gasteiger partial charge in [0.05, 0.1) is 19.8 Å². The number of nitrogens with one attached hydrogen (secondary N) is 1. The van der Waals surface area contributed by atoms with Gasteiger partial charge in [0, 0.05) is 19.0 Å². The van der Waals surface area contributed by atoms with E-state index < -0.39 is 0 Å². The molecule has 98 valence electrons. The maximum atomic E-state index is 5.64. The van der Waals surface area contributed by atoms with Gasteiger partial charge in [-0.05, 0) is 36.5 Å². The molecule has 0 unspecified atom stereocenters. The van der Waals surface area contributed by atoms with Crippen molar-refractivity contribution in [2.24, 2.45) is 0 Å². The van der Waals surface area contributed by atoms with E-state index in [4.69, 9.17) is 9.47 Å². The van der Waals surface area contributed by atoms with Gasteiger partial charge in [-0.25, -0.2) is 0 Å². The van der Waals surface area contributed by atoms with Crippen molar-refractivity contribution in [3.8, 4) is 5.75 Å². The van der Waals surface area contributed by atoms with Gasteiger partial charge in [0.25, 0.3) is 0 Å². The molecule has 0 aromatic heterocycles. The average Bonchev–Trinajstić information content (AvgIpc) is 3.09. The van der Waals surface area contributed by atoms with Crippen molar-refractivity contribution in [3.63, 3.8) is 0 Å². The number of fused-ring (bicyclic) bond motifs is 1. The molecule has 0 bridgehead atoms. The zero-order valence-corrected chi connectivity index (χ0v) is 10.8. The van der Waals surface area contributed by atoms with Crippen LogP contribution in [0.15, 0.2) is 18.2 Å². The van der Waals surface area contributed by atoms with Gasteiger partial charge in [0.2, 0.25) is 0 Å². The molecule has 18 heavy (non-hydrogen) atoms. The van der Waals surface area contributed by atoms with E-state index in [2.05, 4.69) is 23.5 Å². The van der Waals surface area contributed by atoms with Crippen molar-refractivity contribution in [2.75, 3.05) is 26.4 Å². The number of hydrogen-bond acceptors (Lipinski definition) is 3. The summed E-state index contributed by atoms with van der Waals surface area (Å²) in [7, 11) is 0. The van der Waals surface area contributed by atoms with Crippen LogP contribution in [0.5, 0.6) is 5.75 Å². The predicted octanol–water partition coefficient (Wildman–Crippen LogP) is 1.93. The Kier molecular flexibility index (Phi) is 3.81. The van der Waals surface area contributed by atoms with Crippen LogP contribution in [0.1, 0.15) is 24.0 Å². The van der Waals surface area contributed by atoms with Crippen LogP contribution in [0.4, 0.5) is 0 Å². The highest BCUT2D eigenvalue weighted by Crippen LogP contribution is 2.25. The summed E-state index contributed by atoms with van der Waals surface area (Å²) in [6.07, 6.45) is 4.74. The van der Waals surface area contributed by atoms with Crippen LogP contribution in [0, 0.1) is 0 Å². The van der Waals surface area contributed by atoms with E-state index in [9.17, 15) is 0 Å². The Labute approximate surface area is 108 Å². The topological polar surface area (TPSA) is 30.5 Å². The van der Waals surface area contributed by atoms with E-state index in [0.29, 0.717) is 0 Å². The summed E-state index contributed by atoms with van der Waals surface area (Å²) >= 11 is 0. The molecule has 0 radical (unpaired) electrons. The molecule has 1 aromatic carbocycles. The summed E-state index contributed by atoms with van der Waals surface area (Å²) in [5.74, 6) is 1.06. The summed E-state index contributed by atoms with van der Waals surface area (Å²) in [5.41, 5.74) is 2.71. The Morgan fingerprint density at radius 2 is 2.22 bits per heavy atom. The van der Waals surface area contributed by atoms with Crippen molar-refractivity contribution in [1.29, 1.82) is 0 Å². The van der Waals surface area contributed by atoms with Gasteiger partial charge in [0.1, 0.15) is 5.75 Å². The third-order valence-corrected chi connectivity index (χ3v) is 3.55. The molecule has 0 spiro atoms. The predicted molar refractivity (Wildman–Crippen MR) is 71.2 cm³/mol. The normalized spacial score (nSPS) is 17.6. The summed E-state index contributed by atoms with van der Waals surface area (Å²) in [5, 5.41) is 3.45.